The molecule has 1 aromatic rings. The monoisotopic (exact) mass is 240 g/mol. The molecule has 0 aromatic carbocycles. The van der Waals surface area contributed by atoms with Gasteiger partial charge in [-0.1, -0.05) is 5.16 Å². The molecule has 0 spiro atoms. The molecule has 0 radical (unpaired) electrons. The maximum atomic E-state index is 11.8. The molecule has 1 aliphatic heterocycles. The summed E-state index contributed by atoms with van der Waals surface area (Å²) in [5.41, 5.74) is 4.95. The highest BCUT2D eigenvalue weighted by Crippen LogP contribution is 2.03. The second-order valence-corrected chi connectivity index (χ2v) is 3.55. The Morgan fingerprint density at radius 3 is 2.65 bits per heavy atom. The van der Waals surface area contributed by atoms with Crippen LogP contribution >= 0.6 is 0 Å². The predicted molar refractivity (Wildman–Crippen MR) is 53.9 cm³/mol. The largest absolute Gasteiger partial charge is 0.378 e. The molecule has 2 heterocycles. The molecule has 1 saturated heterocycles. The van der Waals surface area contributed by atoms with Gasteiger partial charge in [0.15, 0.2) is 5.82 Å². The highest BCUT2D eigenvalue weighted by atomic mass is 16.5. The van der Waals surface area contributed by atoms with Crippen molar-refractivity contribution in [3.63, 3.8) is 0 Å². The summed E-state index contributed by atoms with van der Waals surface area (Å²) in [7, 11) is 0. The number of carbonyl (C=O) groups is 2. The lowest BCUT2D eigenvalue weighted by Gasteiger charge is -2.26. The summed E-state index contributed by atoms with van der Waals surface area (Å²) < 4.78 is 9.71. The number of rotatable bonds is 3. The summed E-state index contributed by atoms with van der Waals surface area (Å²) in [6.07, 6.45) is -0.00319. The van der Waals surface area contributed by atoms with Crippen LogP contribution in [0.3, 0.4) is 0 Å². The molecule has 8 nitrogen and oxygen atoms in total. The second-order valence-electron chi connectivity index (χ2n) is 3.55. The number of aromatic nitrogens is 2. The van der Waals surface area contributed by atoms with Gasteiger partial charge in [-0.3, -0.25) is 9.59 Å². The molecular formula is C9H12N4O4. The van der Waals surface area contributed by atoms with Crippen molar-refractivity contribution in [3.05, 3.63) is 11.7 Å². The Hall–Kier alpha value is -1.96. The Morgan fingerprint density at radius 1 is 1.35 bits per heavy atom. The van der Waals surface area contributed by atoms with E-state index in [1.807, 2.05) is 0 Å². The third kappa shape index (κ3) is 2.78. The first-order valence-corrected chi connectivity index (χ1v) is 5.14. The summed E-state index contributed by atoms with van der Waals surface area (Å²) in [6.45, 7) is 2.17. The van der Waals surface area contributed by atoms with E-state index in [-0.39, 0.29) is 24.0 Å². The van der Waals surface area contributed by atoms with Crippen molar-refractivity contribution >= 4 is 11.8 Å². The zero-order valence-electron chi connectivity index (χ0n) is 9.09. The number of hydrogen-bond acceptors (Lipinski definition) is 6. The van der Waals surface area contributed by atoms with Crippen LogP contribution in [0.25, 0.3) is 0 Å². The average molecular weight is 240 g/mol. The minimum atomic E-state index is -0.803. The van der Waals surface area contributed by atoms with E-state index >= 15 is 0 Å². The van der Waals surface area contributed by atoms with Crippen molar-refractivity contribution in [1.29, 1.82) is 0 Å². The van der Waals surface area contributed by atoms with Crippen LogP contribution in [0.15, 0.2) is 4.52 Å². The Labute approximate surface area is 96.7 Å². The van der Waals surface area contributed by atoms with Crippen LogP contribution in [-0.2, 0) is 16.0 Å². The van der Waals surface area contributed by atoms with E-state index in [2.05, 4.69) is 14.7 Å². The van der Waals surface area contributed by atoms with E-state index in [0.29, 0.717) is 26.3 Å². The second kappa shape index (κ2) is 4.91. The van der Waals surface area contributed by atoms with Crippen LogP contribution in [0.1, 0.15) is 16.5 Å². The number of hydrogen-bond donors (Lipinski definition) is 1. The number of nitrogens with two attached hydrogens (primary N) is 1. The maximum absolute atomic E-state index is 11.8. The number of nitrogens with zero attached hydrogens (tertiary/aromatic N) is 3. The average Bonchev–Trinajstić information content (AvgIpc) is 2.79. The third-order valence-corrected chi connectivity index (χ3v) is 2.35. The van der Waals surface area contributed by atoms with E-state index in [1.54, 1.807) is 4.90 Å². The molecule has 0 aliphatic carbocycles. The lowest BCUT2D eigenvalue weighted by molar-refractivity contribution is -0.134. The fourth-order valence-electron chi connectivity index (χ4n) is 1.49. The van der Waals surface area contributed by atoms with Crippen molar-refractivity contribution in [2.75, 3.05) is 26.3 Å². The minimum absolute atomic E-state index is 0.00319. The van der Waals surface area contributed by atoms with Crippen LogP contribution < -0.4 is 5.73 Å². The lowest BCUT2D eigenvalue weighted by Crippen LogP contribution is -2.41. The van der Waals surface area contributed by atoms with Crippen LogP contribution in [0, 0.1) is 0 Å². The first-order valence-electron chi connectivity index (χ1n) is 5.14. The minimum Gasteiger partial charge on any atom is -0.378 e. The third-order valence-electron chi connectivity index (χ3n) is 2.35. The first kappa shape index (κ1) is 11.5. The Kier molecular flexibility index (Phi) is 3.33. The number of carbonyl (C=O) groups excluding carboxylic acids is 2. The normalized spacial score (nSPS) is 15.9. The lowest BCUT2D eigenvalue weighted by atomic mass is 10.3. The Balaban J connectivity index is 1.94. The van der Waals surface area contributed by atoms with Crippen molar-refractivity contribution in [2.24, 2.45) is 5.73 Å². The van der Waals surface area contributed by atoms with Crippen molar-refractivity contribution in [2.45, 2.75) is 6.42 Å². The van der Waals surface area contributed by atoms with Crippen molar-refractivity contribution in [3.8, 4) is 0 Å². The maximum Gasteiger partial charge on any atom is 0.315 e. The molecule has 0 unspecified atom stereocenters. The van der Waals surface area contributed by atoms with Gasteiger partial charge < -0.3 is 19.9 Å². The topological polar surface area (TPSA) is 112 Å². The van der Waals surface area contributed by atoms with Crippen LogP contribution in [0.4, 0.5) is 0 Å². The summed E-state index contributed by atoms with van der Waals surface area (Å²) in [5.74, 6) is -1.04. The van der Waals surface area contributed by atoms with E-state index in [1.165, 1.54) is 0 Å². The predicted octanol–water partition coefficient (Wildman–Crippen LogP) is -1.43. The molecular weight excluding hydrogens is 228 g/mol. The van der Waals surface area contributed by atoms with Gasteiger partial charge in [0.2, 0.25) is 5.91 Å². The molecule has 17 heavy (non-hydrogen) atoms. The number of primary amides is 1. The smallest absolute Gasteiger partial charge is 0.315 e. The Morgan fingerprint density at radius 2 is 2.06 bits per heavy atom. The number of amides is 2. The highest BCUT2D eigenvalue weighted by molar-refractivity contribution is 5.87. The molecule has 1 fully saturated rings. The van der Waals surface area contributed by atoms with Gasteiger partial charge in [0.05, 0.1) is 19.6 Å². The SMILES string of the molecule is NC(=O)c1nc(CC(=O)N2CCOCC2)no1. The molecule has 0 atom stereocenters. The van der Waals surface area contributed by atoms with Gasteiger partial charge >= 0.3 is 11.8 Å². The van der Waals surface area contributed by atoms with E-state index < -0.39 is 5.91 Å². The molecule has 1 aromatic heterocycles. The summed E-state index contributed by atoms with van der Waals surface area (Å²) in [4.78, 5) is 27.9. The molecule has 8 heteroatoms. The van der Waals surface area contributed by atoms with E-state index in [4.69, 9.17) is 10.5 Å². The standard InChI is InChI=1S/C9H12N4O4/c10-8(15)9-11-6(12-17-9)5-7(14)13-1-3-16-4-2-13/h1-5H2,(H2,10,15). The van der Waals surface area contributed by atoms with Gasteiger partial charge in [0.1, 0.15) is 0 Å². The number of ether oxygens (including phenoxy) is 1. The fraction of sp³-hybridized carbons (Fsp3) is 0.556. The molecule has 0 bridgehead atoms. The summed E-state index contributed by atoms with van der Waals surface area (Å²) in [5, 5.41) is 3.51. The van der Waals surface area contributed by atoms with Crippen molar-refractivity contribution in [1.82, 2.24) is 15.0 Å². The zero-order chi connectivity index (χ0) is 12.3. The molecule has 2 N–H and O–H groups in total. The van der Waals surface area contributed by atoms with Crippen molar-refractivity contribution < 1.29 is 18.8 Å². The van der Waals surface area contributed by atoms with Gasteiger partial charge in [-0.25, -0.2) is 0 Å². The van der Waals surface area contributed by atoms with E-state index in [9.17, 15) is 9.59 Å². The van der Waals surface area contributed by atoms with Crippen LogP contribution in [0.5, 0.6) is 0 Å². The summed E-state index contributed by atoms with van der Waals surface area (Å²) >= 11 is 0. The molecule has 92 valence electrons. The van der Waals surface area contributed by atoms with Gasteiger partial charge in [-0.05, 0) is 0 Å². The first-order chi connectivity index (χ1) is 8.16. The molecule has 0 saturated carbocycles. The quantitative estimate of drug-likeness (QED) is 0.693. The van der Waals surface area contributed by atoms with Crippen LogP contribution in [0.2, 0.25) is 0 Å². The molecule has 1 aliphatic rings. The van der Waals surface area contributed by atoms with Crippen LogP contribution in [-0.4, -0.2) is 53.2 Å². The zero-order valence-corrected chi connectivity index (χ0v) is 9.09. The van der Waals surface area contributed by atoms with Gasteiger partial charge in [0, 0.05) is 13.1 Å². The number of morpholine rings is 1. The van der Waals surface area contributed by atoms with Gasteiger partial charge in [-0.15, -0.1) is 0 Å². The molecule has 2 amide bonds. The molecule has 2 rings (SSSR count). The summed E-state index contributed by atoms with van der Waals surface area (Å²) in [6, 6.07) is 0. The van der Waals surface area contributed by atoms with Gasteiger partial charge in [0.25, 0.3) is 0 Å². The highest BCUT2D eigenvalue weighted by Gasteiger charge is 2.20. The Bertz CT molecular complexity index is 424. The van der Waals surface area contributed by atoms with Gasteiger partial charge in [-0.2, -0.15) is 4.98 Å². The van der Waals surface area contributed by atoms with E-state index in [0.717, 1.165) is 0 Å². The fourth-order valence-corrected chi connectivity index (χ4v) is 1.49.